The van der Waals surface area contributed by atoms with Gasteiger partial charge in [-0.2, -0.15) is 0 Å². The summed E-state index contributed by atoms with van der Waals surface area (Å²) in [6, 6.07) is 7.44. The SMILES string of the molecule is CSc1ccccc1C(=O)c1noc(C2CC2)c1Cl. The third-order valence-electron chi connectivity index (χ3n) is 3.17. The third kappa shape index (κ3) is 2.30. The van der Waals surface area contributed by atoms with E-state index < -0.39 is 0 Å². The van der Waals surface area contributed by atoms with Crippen LogP contribution in [0.2, 0.25) is 5.02 Å². The van der Waals surface area contributed by atoms with Crippen LogP contribution in [0.3, 0.4) is 0 Å². The van der Waals surface area contributed by atoms with E-state index in [2.05, 4.69) is 5.16 Å². The molecule has 1 aliphatic rings. The quantitative estimate of drug-likeness (QED) is 0.627. The van der Waals surface area contributed by atoms with Gasteiger partial charge >= 0.3 is 0 Å². The summed E-state index contributed by atoms with van der Waals surface area (Å²) in [5.41, 5.74) is 0.845. The van der Waals surface area contributed by atoms with Crippen LogP contribution in [-0.4, -0.2) is 17.2 Å². The normalized spacial score (nSPS) is 14.6. The highest BCUT2D eigenvalue weighted by Gasteiger charge is 2.33. The van der Waals surface area contributed by atoms with Crippen LogP contribution in [0.5, 0.6) is 0 Å². The molecule has 19 heavy (non-hydrogen) atoms. The molecule has 3 rings (SSSR count). The Balaban J connectivity index is 1.99. The molecule has 3 nitrogen and oxygen atoms in total. The number of carbonyl (C=O) groups is 1. The number of nitrogens with zero attached hydrogens (tertiary/aromatic N) is 1. The van der Waals surface area contributed by atoms with Gasteiger partial charge in [0.1, 0.15) is 5.02 Å². The third-order valence-corrected chi connectivity index (χ3v) is 4.34. The standard InChI is InChI=1S/C14H12ClNO2S/c1-19-10-5-3-2-4-9(10)13(17)12-11(15)14(18-16-12)8-6-7-8/h2-5,8H,6-7H2,1H3. The number of benzene rings is 1. The number of thioether (sulfide) groups is 1. The molecule has 0 bridgehead atoms. The van der Waals surface area contributed by atoms with Crippen molar-refractivity contribution >= 4 is 29.1 Å². The highest BCUT2D eigenvalue weighted by atomic mass is 35.5. The first-order valence-electron chi connectivity index (χ1n) is 6.05. The summed E-state index contributed by atoms with van der Waals surface area (Å²) in [5, 5.41) is 4.24. The van der Waals surface area contributed by atoms with Crippen molar-refractivity contribution in [1.29, 1.82) is 0 Å². The molecule has 0 unspecified atom stereocenters. The van der Waals surface area contributed by atoms with Gasteiger partial charge in [-0.1, -0.05) is 28.9 Å². The van der Waals surface area contributed by atoms with Crippen molar-refractivity contribution in [2.75, 3.05) is 6.26 Å². The van der Waals surface area contributed by atoms with Gasteiger partial charge in [0.15, 0.2) is 11.5 Å². The second-order valence-electron chi connectivity index (χ2n) is 4.51. The number of rotatable bonds is 4. The summed E-state index contributed by atoms with van der Waals surface area (Å²) in [7, 11) is 0. The first-order chi connectivity index (χ1) is 9.22. The van der Waals surface area contributed by atoms with E-state index in [1.54, 1.807) is 6.07 Å². The molecular weight excluding hydrogens is 282 g/mol. The van der Waals surface area contributed by atoms with Crippen molar-refractivity contribution in [2.45, 2.75) is 23.7 Å². The number of carbonyl (C=O) groups excluding carboxylic acids is 1. The highest BCUT2D eigenvalue weighted by molar-refractivity contribution is 7.98. The average molecular weight is 294 g/mol. The average Bonchev–Trinajstić information content (AvgIpc) is 3.21. The Hall–Kier alpha value is -1.26. The summed E-state index contributed by atoms with van der Waals surface area (Å²) in [6.45, 7) is 0. The molecule has 2 aromatic rings. The molecule has 5 heteroatoms. The molecule has 0 radical (unpaired) electrons. The summed E-state index contributed by atoms with van der Waals surface area (Å²) < 4.78 is 5.23. The first-order valence-corrected chi connectivity index (χ1v) is 7.65. The zero-order valence-corrected chi connectivity index (χ0v) is 11.9. The van der Waals surface area contributed by atoms with Crippen LogP contribution in [0.25, 0.3) is 0 Å². The molecule has 1 aromatic heterocycles. The molecule has 0 spiro atoms. The topological polar surface area (TPSA) is 43.1 Å². The second kappa shape index (κ2) is 5.02. The highest BCUT2D eigenvalue weighted by Crippen LogP contribution is 2.44. The maximum Gasteiger partial charge on any atom is 0.217 e. The Morgan fingerprint density at radius 3 is 2.84 bits per heavy atom. The van der Waals surface area contributed by atoms with Gasteiger partial charge in [0.05, 0.1) is 0 Å². The van der Waals surface area contributed by atoms with Gasteiger partial charge in [0.25, 0.3) is 0 Å². The molecule has 1 heterocycles. The molecule has 0 N–H and O–H groups in total. The van der Waals surface area contributed by atoms with Gasteiger partial charge in [0, 0.05) is 16.4 Å². The lowest BCUT2D eigenvalue weighted by Gasteiger charge is -2.03. The largest absolute Gasteiger partial charge is 0.359 e. The van der Waals surface area contributed by atoms with Gasteiger partial charge in [-0.05, 0) is 31.2 Å². The fraction of sp³-hybridized carbons (Fsp3) is 0.286. The molecule has 0 saturated heterocycles. The minimum Gasteiger partial charge on any atom is -0.359 e. The molecule has 98 valence electrons. The summed E-state index contributed by atoms with van der Waals surface area (Å²) in [5.74, 6) is 0.828. The number of halogens is 1. The smallest absolute Gasteiger partial charge is 0.217 e. The van der Waals surface area contributed by atoms with Crippen LogP contribution in [-0.2, 0) is 0 Å². The predicted molar refractivity (Wildman–Crippen MR) is 75.1 cm³/mol. The van der Waals surface area contributed by atoms with Gasteiger partial charge in [-0.25, -0.2) is 0 Å². The molecule has 1 aromatic carbocycles. The minimum absolute atomic E-state index is 0.175. The van der Waals surface area contributed by atoms with Crippen molar-refractivity contribution in [3.05, 3.63) is 46.3 Å². The Kier molecular flexibility index (Phi) is 3.37. The van der Waals surface area contributed by atoms with E-state index in [0.717, 1.165) is 17.7 Å². The van der Waals surface area contributed by atoms with Crippen LogP contribution in [0.15, 0.2) is 33.7 Å². The maximum absolute atomic E-state index is 12.5. The molecule has 0 amide bonds. The molecule has 0 aliphatic heterocycles. The maximum atomic E-state index is 12.5. The molecule has 1 fully saturated rings. The van der Waals surface area contributed by atoms with E-state index in [0.29, 0.717) is 22.3 Å². The van der Waals surface area contributed by atoms with Crippen molar-refractivity contribution < 1.29 is 9.32 Å². The summed E-state index contributed by atoms with van der Waals surface area (Å²) >= 11 is 7.74. The van der Waals surface area contributed by atoms with Gasteiger partial charge in [-0.3, -0.25) is 4.79 Å². The van der Waals surface area contributed by atoms with Crippen molar-refractivity contribution in [1.82, 2.24) is 5.16 Å². The zero-order chi connectivity index (χ0) is 13.4. The van der Waals surface area contributed by atoms with Crippen LogP contribution in [0, 0.1) is 0 Å². The van der Waals surface area contributed by atoms with Gasteiger partial charge in [0.2, 0.25) is 5.78 Å². The summed E-state index contributed by atoms with van der Waals surface area (Å²) in [6.07, 6.45) is 4.06. The fourth-order valence-corrected chi connectivity index (χ4v) is 2.90. The molecule has 1 aliphatic carbocycles. The molecule has 0 atom stereocenters. The van der Waals surface area contributed by atoms with Gasteiger partial charge in [-0.15, -0.1) is 11.8 Å². The van der Waals surface area contributed by atoms with Crippen LogP contribution in [0.4, 0.5) is 0 Å². The lowest BCUT2D eigenvalue weighted by Crippen LogP contribution is -2.04. The minimum atomic E-state index is -0.175. The van der Waals surface area contributed by atoms with Crippen molar-refractivity contribution in [3.63, 3.8) is 0 Å². The van der Waals surface area contributed by atoms with Crippen LogP contribution < -0.4 is 0 Å². The lowest BCUT2D eigenvalue weighted by molar-refractivity contribution is 0.102. The van der Waals surface area contributed by atoms with Crippen LogP contribution in [0.1, 0.15) is 40.6 Å². The van der Waals surface area contributed by atoms with E-state index >= 15 is 0 Å². The van der Waals surface area contributed by atoms with Gasteiger partial charge < -0.3 is 4.52 Å². The van der Waals surface area contributed by atoms with E-state index in [1.807, 2.05) is 24.5 Å². The van der Waals surface area contributed by atoms with E-state index in [-0.39, 0.29) is 11.5 Å². The molecular formula is C14H12ClNO2S. The Morgan fingerprint density at radius 2 is 2.16 bits per heavy atom. The van der Waals surface area contributed by atoms with E-state index in [9.17, 15) is 4.79 Å². The predicted octanol–water partition coefficient (Wildman–Crippen LogP) is 4.16. The van der Waals surface area contributed by atoms with Crippen molar-refractivity contribution in [3.8, 4) is 0 Å². The Bertz CT molecular complexity index is 634. The summed E-state index contributed by atoms with van der Waals surface area (Å²) in [4.78, 5) is 13.4. The Labute approximate surface area is 120 Å². The number of hydrogen-bond acceptors (Lipinski definition) is 4. The lowest BCUT2D eigenvalue weighted by atomic mass is 10.1. The van der Waals surface area contributed by atoms with Crippen LogP contribution >= 0.6 is 23.4 Å². The second-order valence-corrected chi connectivity index (χ2v) is 5.74. The number of hydrogen-bond donors (Lipinski definition) is 0. The number of aromatic nitrogens is 1. The first kappa shape index (κ1) is 12.8. The van der Waals surface area contributed by atoms with Crippen molar-refractivity contribution in [2.24, 2.45) is 0 Å². The molecule has 1 saturated carbocycles. The number of ketones is 1. The van der Waals surface area contributed by atoms with E-state index in [4.69, 9.17) is 16.1 Å². The zero-order valence-electron chi connectivity index (χ0n) is 10.4. The monoisotopic (exact) mass is 293 g/mol. The Morgan fingerprint density at radius 1 is 1.42 bits per heavy atom. The fourth-order valence-electron chi connectivity index (χ4n) is 1.99. The van der Waals surface area contributed by atoms with E-state index in [1.165, 1.54) is 11.8 Å².